The highest BCUT2D eigenvalue weighted by Crippen LogP contribution is 2.45. The second kappa shape index (κ2) is 7.99. The zero-order valence-corrected chi connectivity index (χ0v) is 19.4. The number of aliphatic hydroxyl groups is 1. The zero-order valence-electron chi connectivity index (χ0n) is 17.8. The second-order valence-electron chi connectivity index (χ2n) is 7.84. The Kier molecular flexibility index (Phi) is 5.69. The third-order valence-corrected chi connectivity index (χ3v) is 6.68. The van der Waals surface area contributed by atoms with E-state index in [0.29, 0.717) is 5.75 Å². The third-order valence-electron chi connectivity index (χ3n) is 5.52. The van der Waals surface area contributed by atoms with E-state index in [9.17, 15) is 31.5 Å². The van der Waals surface area contributed by atoms with E-state index in [1.165, 1.54) is 25.3 Å². The van der Waals surface area contributed by atoms with E-state index in [1.54, 1.807) is 6.07 Å². The Labute approximate surface area is 190 Å². The molecule has 0 saturated heterocycles. The van der Waals surface area contributed by atoms with Gasteiger partial charge in [0, 0.05) is 28.7 Å². The van der Waals surface area contributed by atoms with Crippen molar-refractivity contribution in [2.24, 2.45) is 0 Å². The molecule has 0 amide bonds. The molecule has 176 valence electrons. The molecule has 10 nitrogen and oxygen atoms in total. The van der Waals surface area contributed by atoms with Gasteiger partial charge in [-0.25, -0.2) is 0 Å². The van der Waals surface area contributed by atoms with Crippen LogP contribution in [-0.4, -0.2) is 59.2 Å². The van der Waals surface area contributed by atoms with Crippen molar-refractivity contribution in [1.82, 2.24) is 0 Å². The van der Waals surface area contributed by atoms with Crippen LogP contribution < -0.4 is 4.74 Å². The number of fused-ring (bicyclic) bond motifs is 4. The van der Waals surface area contributed by atoms with E-state index < -0.39 is 50.6 Å². The molecule has 0 radical (unpaired) electrons. The van der Waals surface area contributed by atoms with Crippen LogP contribution in [0, 0.1) is 0 Å². The van der Waals surface area contributed by atoms with Gasteiger partial charge >= 0.3 is 0 Å². The van der Waals surface area contributed by atoms with Gasteiger partial charge in [-0.1, -0.05) is 0 Å². The molecule has 0 aromatic heterocycles. The lowest BCUT2D eigenvalue weighted by atomic mass is 9.79. The Morgan fingerprint density at radius 1 is 0.939 bits per heavy atom. The lowest BCUT2D eigenvalue weighted by Crippen LogP contribution is -2.26. The lowest BCUT2D eigenvalue weighted by Gasteiger charge is -2.23. The molecule has 2 aliphatic rings. The van der Waals surface area contributed by atoms with Crippen LogP contribution in [-0.2, 0) is 41.6 Å². The van der Waals surface area contributed by atoms with Crippen molar-refractivity contribution in [3.63, 3.8) is 0 Å². The molecule has 2 unspecified atom stereocenters. The van der Waals surface area contributed by atoms with Crippen molar-refractivity contribution in [3.8, 4) is 5.75 Å². The SMILES string of the molecule is COc1ccc2c(c1)C(=O)c1c(cc(CO)c3c1CC(OS(C)(=O)=O)C3OS(C)(=O)=O)C2=O. The quantitative estimate of drug-likeness (QED) is 0.487. The monoisotopic (exact) mass is 496 g/mol. The van der Waals surface area contributed by atoms with Gasteiger partial charge in [0.05, 0.1) is 26.2 Å². The molecule has 0 spiro atoms. The van der Waals surface area contributed by atoms with Gasteiger partial charge in [0.1, 0.15) is 18.0 Å². The molecule has 12 heteroatoms. The van der Waals surface area contributed by atoms with Gasteiger partial charge < -0.3 is 9.84 Å². The third kappa shape index (κ3) is 4.20. The van der Waals surface area contributed by atoms with Gasteiger partial charge in [-0.05, 0) is 41.0 Å². The molecule has 2 aliphatic carbocycles. The Balaban J connectivity index is 1.97. The molecule has 4 rings (SSSR count). The first-order valence-corrected chi connectivity index (χ1v) is 13.3. The molecular formula is C21H20O10S2. The van der Waals surface area contributed by atoms with Crippen molar-refractivity contribution in [1.29, 1.82) is 0 Å². The molecule has 2 aromatic rings. The Morgan fingerprint density at radius 2 is 1.61 bits per heavy atom. The minimum atomic E-state index is -4.09. The summed E-state index contributed by atoms with van der Waals surface area (Å²) in [5, 5.41) is 9.98. The molecule has 0 saturated carbocycles. The van der Waals surface area contributed by atoms with Gasteiger partial charge in [0.25, 0.3) is 20.2 Å². The van der Waals surface area contributed by atoms with E-state index in [4.69, 9.17) is 13.1 Å². The van der Waals surface area contributed by atoms with Crippen LogP contribution in [0.5, 0.6) is 5.75 Å². The predicted molar refractivity (Wildman–Crippen MR) is 114 cm³/mol. The van der Waals surface area contributed by atoms with Crippen molar-refractivity contribution in [3.05, 3.63) is 63.2 Å². The summed E-state index contributed by atoms with van der Waals surface area (Å²) in [6.07, 6.45) is -1.40. The number of ketones is 2. The minimum Gasteiger partial charge on any atom is -0.497 e. The zero-order chi connectivity index (χ0) is 24.3. The maximum atomic E-state index is 13.5. The van der Waals surface area contributed by atoms with Gasteiger partial charge in [0.15, 0.2) is 11.6 Å². The molecule has 33 heavy (non-hydrogen) atoms. The van der Waals surface area contributed by atoms with E-state index in [0.717, 1.165) is 12.5 Å². The van der Waals surface area contributed by atoms with E-state index in [-0.39, 0.29) is 45.4 Å². The Bertz CT molecular complexity index is 1410. The Morgan fingerprint density at radius 3 is 2.18 bits per heavy atom. The summed E-state index contributed by atoms with van der Waals surface area (Å²) in [5.41, 5.74) is 0.721. The minimum absolute atomic E-state index is 0.00495. The number of rotatable bonds is 6. The largest absolute Gasteiger partial charge is 0.497 e. The molecule has 0 fully saturated rings. The summed E-state index contributed by atoms with van der Waals surface area (Å²) in [5.74, 6) is -0.622. The van der Waals surface area contributed by atoms with Crippen LogP contribution in [0.25, 0.3) is 0 Å². The molecule has 0 heterocycles. The van der Waals surface area contributed by atoms with Crippen molar-refractivity contribution in [2.75, 3.05) is 19.6 Å². The van der Waals surface area contributed by atoms with Crippen LogP contribution in [0.1, 0.15) is 54.6 Å². The van der Waals surface area contributed by atoms with Gasteiger partial charge in [0.2, 0.25) is 0 Å². The maximum absolute atomic E-state index is 13.5. The number of carbonyl (C=O) groups is 2. The van der Waals surface area contributed by atoms with Crippen molar-refractivity contribution in [2.45, 2.75) is 25.2 Å². The highest BCUT2D eigenvalue weighted by molar-refractivity contribution is 7.86. The molecule has 0 bridgehead atoms. The van der Waals surface area contributed by atoms with Gasteiger partial charge in [-0.3, -0.25) is 18.0 Å². The smallest absolute Gasteiger partial charge is 0.265 e. The number of aliphatic hydroxyl groups excluding tert-OH is 1. The topological polar surface area (TPSA) is 150 Å². The molecule has 1 N–H and O–H groups in total. The predicted octanol–water partition coefficient (Wildman–Crippen LogP) is 0.881. The highest BCUT2D eigenvalue weighted by Gasteiger charge is 2.45. The first-order valence-electron chi connectivity index (χ1n) is 9.68. The number of methoxy groups -OCH3 is 1. The molecule has 2 aromatic carbocycles. The summed E-state index contributed by atoms with van der Waals surface area (Å²) in [6.45, 7) is -0.609. The first kappa shape index (κ1) is 23.5. The van der Waals surface area contributed by atoms with Crippen molar-refractivity contribution >= 4 is 31.8 Å². The summed E-state index contributed by atoms with van der Waals surface area (Å²) < 4.78 is 62.9. The summed E-state index contributed by atoms with van der Waals surface area (Å²) in [6, 6.07) is 5.74. The molecule has 2 atom stereocenters. The van der Waals surface area contributed by atoms with Crippen LogP contribution in [0.4, 0.5) is 0 Å². The van der Waals surface area contributed by atoms with Crippen LogP contribution >= 0.6 is 0 Å². The number of hydrogen-bond acceptors (Lipinski definition) is 10. The van der Waals surface area contributed by atoms with Crippen LogP contribution in [0.3, 0.4) is 0 Å². The maximum Gasteiger partial charge on any atom is 0.265 e. The number of hydrogen-bond donors (Lipinski definition) is 1. The second-order valence-corrected chi connectivity index (χ2v) is 11.0. The summed E-state index contributed by atoms with van der Waals surface area (Å²) >= 11 is 0. The summed E-state index contributed by atoms with van der Waals surface area (Å²) in [4.78, 5) is 26.7. The first-order chi connectivity index (χ1) is 15.3. The van der Waals surface area contributed by atoms with E-state index >= 15 is 0 Å². The lowest BCUT2D eigenvalue weighted by molar-refractivity contribution is 0.0768. The number of ether oxygens (including phenoxy) is 1. The fourth-order valence-corrected chi connectivity index (χ4v) is 5.58. The fraction of sp³-hybridized carbons (Fsp3) is 0.333. The fourth-order valence-electron chi connectivity index (χ4n) is 4.37. The average molecular weight is 497 g/mol. The molecular weight excluding hydrogens is 476 g/mol. The van der Waals surface area contributed by atoms with Crippen LogP contribution in [0.2, 0.25) is 0 Å². The number of benzene rings is 2. The average Bonchev–Trinajstić information content (AvgIpc) is 3.05. The highest BCUT2D eigenvalue weighted by atomic mass is 32.2. The summed E-state index contributed by atoms with van der Waals surface area (Å²) in [7, 11) is -6.72. The van der Waals surface area contributed by atoms with Crippen LogP contribution in [0.15, 0.2) is 24.3 Å². The van der Waals surface area contributed by atoms with Gasteiger partial charge in [-0.15, -0.1) is 0 Å². The van der Waals surface area contributed by atoms with Crippen molar-refractivity contribution < 1.29 is 44.6 Å². The molecule has 0 aliphatic heterocycles. The van der Waals surface area contributed by atoms with E-state index in [1.807, 2.05) is 0 Å². The normalized spacial score (nSPS) is 19.8. The van der Waals surface area contributed by atoms with E-state index in [2.05, 4.69) is 0 Å². The van der Waals surface area contributed by atoms with Gasteiger partial charge in [-0.2, -0.15) is 16.8 Å². The standard InChI is InChI=1S/C21H20O10S2/c1-29-11-4-5-12-13(7-11)20(24)18-14-8-16(30-32(2,25)26)21(31-33(3,27)28)17(14)10(9-22)6-15(18)19(12)23/h4-7,16,21-22H,8-9H2,1-3H3. The Hall–Kier alpha value is -2.64. The number of carbonyl (C=O) groups excluding carboxylic acids is 2.